The second-order valence-corrected chi connectivity index (χ2v) is 6.02. The third-order valence-electron chi connectivity index (χ3n) is 3.27. The third kappa shape index (κ3) is 4.85. The zero-order chi connectivity index (χ0) is 15.2. The number of nitrogens with zero attached hydrogens (tertiary/aromatic N) is 1. The molecule has 1 aromatic rings. The lowest BCUT2D eigenvalue weighted by atomic mass is 10.0. The van der Waals surface area contributed by atoms with E-state index in [0.29, 0.717) is 32.7 Å². The van der Waals surface area contributed by atoms with Crippen molar-refractivity contribution in [2.45, 2.75) is 12.5 Å². The number of rotatable bonds is 4. The van der Waals surface area contributed by atoms with Crippen LogP contribution in [0.4, 0.5) is 4.79 Å². The summed E-state index contributed by atoms with van der Waals surface area (Å²) in [5.74, 6) is -0.195. The average Bonchev–Trinajstić information content (AvgIpc) is 2.48. The highest BCUT2D eigenvalue weighted by Crippen LogP contribution is 2.11. The van der Waals surface area contributed by atoms with E-state index >= 15 is 0 Å². The number of carboxylic acid groups (broad SMARTS) is 1. The SMILES string of the molecule is O=C(O)NC(Cc1ccc(I)cc1)C(=O)N1CCOCC1. The van der Waals surface area contributed by atoms with Crippen LogP contribution in [0.5, 0.6) is 0 Å². The molecule has 6 nitrogen and oxygen atoms in total. The Morgan fingerprint density at radius 2 is 1.90 bits per heavy atom. The summed E-state index contributed by atoms with van der Waals surface area (Å²) in [5, 5.41) is 11.3. The Morgan fingerprint density at radius 3 is 2.48 bits per heavy atom. The van der Waals surface area contributed by atoms with Crippen molar-refractivity contribution in [2.24, 2.45) is 0 Å². The van der Waals surface area contributed by atoms with Gasteiger partial charge in [0.2, 0.25) is 5.91 Å². The molecule has 1 unspecified atom stereocenters. The van der Waals surface area contributed by atoms with Gasteiger partial charge >= 0.3 is 6.09 Å². The summed E-state index contributed by atoms with van der Waals surface area (Å²) >= 11 is 2.20. The Morgan fingerprint density at radius 1 is 1.29 bits per heavy atom. The number of carbonyl (C=O) groups excluding carboxylic acids is 1. The van der Waals surface area contributed by atoms with E-state index in [0.717, 1.165) is 9.13 Å². The maximum atomic E-state index is 12.4. The van der Waals surface area contributed by atoms with Crippen LogP contribution < -0.4 is 5.32 Å². The first-order valence-electron chi connectivity index (χ1n) is 6.66. The standard InChI is InChI=1S/C14H17IN2O4/c15-11-3-1-10(2-4-11)9-12(16-14(19)20)13(18)17-5-7-21-8-6-17/h1-4,12,16H,5-9H2,(H,19,20). The van der Waals surface area contributed by atoms with E-state index in [1.54, 1.807) is 4.90 Å². The van der Waals surface area contributed by atoms with Crippen LogP contribution >= 0.6 is 22.6 Å². The van der Waals surface area contributed by atoms with Crippen molar-refractivity contribution in [3.8, 4) is 0 Å². The summed E-state index contributed by atoms with van der Waals surface area (Å²) in [6, 6.07) is 6.93. The van der Waals surface area contributed by atoms with Crippen molar-refractivity contribution in [1.29, 1.82) is 0 Å². The fraction of sp³-hybridized carbons (Fsp3) is 0.429. The van der Waals surface area contributed by atoms with Crippen LogP contribution in [0.15, 0.2) is 24.3 Å². The van der Waals surface area contributed by atoms with E-state index in [-0.39, 0.29) is 5.91 Å². The summed E-state index contributed by atoms with van der Waals surface area (Å²) in [4.78, 5) is 25.0. The highest BCUT2D eigenvalue weighted by Gasteiger charge is 2.27. The number of nitrogens with one attached hydrogen (secondary N) is 1. The largest absolute Gasteiger partial charge is 0.465 e. The molecule has 0 bridgehead atoms. The van der Waals surface area contributed by atoms with Crippen molar-refractivity contribution in [3.63, 3.8) is 0 Å². The van der Waals surface area contributed by atoms with Gasteiger partial charge in [-0.05, 0) is 40.3 Å². The molecule has 2 amide bonds. The molecule has 0 aliphatic carbocycles. The highest BCUT2D eigenvalue weighted by atomic mass is 127. The third-order valence-corrected chi connectivity index (χ3v) is 3.99. The summed E-state index contributed by atoms with van der Waals surface area (Å²) in [6.45, 7) is 2.00. The lowest BCUT2D eigenvalue weighted by Crippen LogP contribution is -2.52. The second-order valence-electron chi connectivity index (χ2n) is 4.77. The van der Waals surface area contributed by atoms with Gasteiger partial charge in [-0.2, -0.15) is 0 Å². The van der Waals surface area contributed by atoms with Gasteiger partial charge in [0, 0.05) is 23.1 Å². The Balaban J connectivity index is 2.07. The lowest BCUT2D eigenvalue weighted by Gasteiger charge is -2.30. The molecule has 7 heteroatoms. The number of ether oxygens (including phenoxy) is 1. The van der Waals surface area contributed by atoms with Crippen molar-refractivity contribution in [3.05, 3.63) is 33.4 Å². The molecule has 0 saturated carbocycles. The highest BCUT2D eigenvalue weighted by molar-refractivity contribution is 14.1. The van der Waals surface area contributed by atoms with Gasteiger partial charge in [-0.3, -0.25) is 4.79 Å². The van der Waals surface area contributed by atoms with Crippen LogP contribution in [-0.4, -0.2) is 54.4 Å². The fourth-order valence-electron chi connectivity index (χ4n) is 2.21. The minimum Gasteiger partial charge on any atom is -0.465 e. The molecule has 1 aromatic carbocycles. The van der Waals surface area contributed by atoms with Crippen LogP contribution in [0.25, 0.3) is 0 Å². The normalized spacial score (nSPS) is 16.3. The molecule has 1 saturated heterocycles. The Labute approximate surface area is 136 Å². The van der Waals surface area contributed by atoms with E-state index in [1.807, 2.05) is 24.3 Å². The first kappa shape index (κ1) is 16.0. The zero-order valence-corrected chi connectivity index (χ0v) is 13.6. The number of amides is 2. The molecule has 1 aliphatic heterocycles. The second kappa shape index (κ2) is 7.60. The van der Waals surface area contributed by atoms with E-state index in [2.05, 4.69) is 27.9 Å². The monoisotopic (exact) mass is 404 g/mol. The topological polar surface area (TPSA) is 78.9 Å². The molecular formula is C14H17IN2O4. The fourth-order valence-corrected chi connectivity index (χ4v) is 2.57. The molecule has 0 radical (unpaired) electrons. The smallest absolute Gasteiger partial charge is 0.405 e. The minimum absolute atomic E-state index is 0.195. The van der Waals surface area contributed by atoms with E-state index in [9.17, 15) is 9.59 Å². The van der Waals surface area contributed by atoms with Crippen molar-refractivity contribution in [1.82, 2.24) is 10.2 Å². The van der Waals surface area contributed by atoms with E-state index in [1.165, 1.54) is 0 Å². The summed E-state index contributed by atoms with van der Waals surface area (Å²) in [6.07, 6.45) is -0.841. The molecule has 1 atom stereocenters. The van der Waals surface area contributed by atoms with Crippen LogP contribution in [-0.2, 0) is 16.0 Å². The molecule has 0 aromatic heterocycles. The van der Waals surface area contributed by atoms with Crippen molar-refractivity contribution >= 4 is 34.6 Å². The van der Waals surface area contributed by atoms with Gasteiger partial charge in [0.15, 0.2) is 0 Å². The Bertz CT molecular complexity index is 500. The van der Waals surface area contributed by atoms with E-state index in [4.69, 9.17) is 9.84 Å². The van der Waals surface area contributed by atoms with Gasteiger partial charge in [0.25, 0.3) is 0 Å². The average molecular weight is 404 g/mol. The van der Waals surface area contributed by atoms with Gasteiger partial charge in [0.1, 0.15) is 6.04 Å². The maximum absolute atomic E-state index is 12.4. The predicted octanol–water partition coefficient (Wildman–Crippen LogP) is 1.33. The maximum Gasteiger partial charge on any atom is 0.405 e. The van der Waals surface area contributed by atoms with E-state index < -0.39 is 12.1 Å². The van der Waals surface area contributed by atoms with Crippen LogP contribution in [0.2, 0.25) is 0 Å². The Kier molecular flexibility index (Phi) is 5.80. The quantitative estimate of drug-likeness (QED) is 0.743. The van der Waals surface area contributed by atoms with Gasteiger partial charge < -0.3 is 20.1 Å². The van der Waals surface area contributed by atoms with Crippen LogP contribution in [0, 0.1) is 3.57 Å². The number of benzene rings is 1. The number of halogens is 1. The molecule has 0 spiro atoms. The molecule has 1 fully saturated rings. The van der Waals surface area contributed by atoms with Gasteiger partial charge in [-0.1, -0.05) is 12.1 Å². The number of hydrogen-bond acceptors (Lipinski definition) is 3. The minimum atomic E-state index is -1.19. The Hall–Kier alpha value is -1.35. The van der Waals surface area contributed by atoms with Crippen LogP contribution in [0.3, 0.4) is 0 Å². The number of hydrogen-bond donors (Lipinski definition) is 2. The molecule has 114 valence electrons. The molecule has 1 aliphatic rings. The van der Waals surface area contributed by atoms with Gasteiger partial charge in [-0.15, -0.1) is 0 Å². The molecule has 21 heavy (non-hydrogen) atoms. The molecule has 1 heterocycles. The van der Waals surface area contributed by atoms with Crippen molar-refractivity contribution in [2.75, 3.05) is 26.3 Å². The summed E-state index contributed by atoms with van der Waals surface area (Å²) < 4.78 is 6.31. The number of carbonyl (C=O) groups is 2. The predicted molar refractivity (Wildman–Crippen MR) is 85.2 cm³/mol. The van der Waals surface area contributed by atoms with Gasteiger partial charge in [-0.25, -0.2) is 4.79 Å². The molecule has 2 N–H and O–H groups in total. The summed E-state index contributed by atoms with van der Waals surface area (Å²) in [7, 11) is 0. The molecular weight excluding hydrogens is 387 g/mol. The zero-order valence-electron chi connectivity index (χ0n) is 11.4. The first-order chi connectivity index (χ1) is 10.1. The number of morpholine rings is 1. The first-order valence-corrected chi connectivity index (χ1v) is 7.74. The van der Waals surface area contributed by atoms with Crippen molar-refractivity contribution < 1.29 is 19.4 Å². The summed E-state index contributed by atoms with van der Waals surface area (Å²) in [5.41, 5.74) is 0.927. The van der Waals surface area contributed by atoms with Gasteiger partial charge in [0.05, 0.1) is 13.2 Å². The van der Waals surface area contributed by atoms with Crippen LogP contribution in [0.1, 0.15) is 5.56 Å². The molecule has 2 rings (SSSR count). The lowest BCUT2D eigenvalue weighted by molar-refractivity contribution is -0.137.